The highest BCUT2D eigenvalue weighted by Gasteiger charge is 2.07. The Labute approximate surface area is 109 Å². The molecule has 0 saturated carbocycles. The highest BCUT2D eigenvalue weighted by molar-refractivity contribution is 6.19. The first-order valence-corrected chi connectivity index (χ1v) is 5.93. The van der Waals surface area contributed by atoms with E-state index in [-0.39, 0.29) is 12.3 Å². The standard InChI is InChI=1S/C11H12ClN5O/c1-17-11(14-15-16-17)8-3-2-4-9(7-8)13-10(18)5-6-12/h2-4,7H,5-6H2,1H3,(H,13,18). The zero-order valence-electron chi connectivity index (χ0n) is 9.80. The van der Waals surface area contributed by atoms with Gasteiger partial charge in [-0.05, 0) is 22.6 Å². The van der Waals surface area contributed by atoms with Crippen LogP contribution in [0.1, 0.15) is 6.42 Å². The van der Waals surface area contributed by atoms with Crippen LogP contribution >= 0.6 is 11.6 Å². The molecule has 0 radical (unpaired) electrons. The number of tetrazole rings is 1. The van der Waals surface area contributed by atoms with Gasteiger partial charge in [0.1, 0.15) is 0 Å². The van der Waals surface area contributed by atoms with Crippen molar-refractivity contribution >= 4 is 23.2 Å². The van der Waals surface area contributed by atoms with E-state index in [0.29, 0.717) is 17.4 Å². The maximum atomic E-state index is 11.4. The Morgan fingerprint density at radius 3 is 3.00 bits per heavy atom. The first-order chi connectivity index (χ1) is 8.70. The smallest absolute Gasteiger partial charge is 0.225 e. The summed E-state index contributed by atoms with van der Waals surface area (Å²) in [6.45, 7) is 0. The lowest BCUT2D eigenvalue weighted by Gasteiger charge is -2.05. The Bertz CT molecular complexity index is 554. The lowest BCUT2D eigenvalue weighted by Crippen LogP contribution is -2.11. The van der Waals surface area contributed by atoms with E-state index in [1.165, 1.54) is 0 Å². The number of halogens is 1. The second-order valence-electron chi connectivity index (χ2n) is 3.69. The second kappa shape index (κ2) is 5.59. The molecule has 0 unspecified atom stereocenters. The van der Waals surface area contributed by atoms with Crippen molar-refractivity contribution in [3.63, 3.8) is 0 Å². The number of aromatic nitrogens is 4. The maximum Gasteiger partial charge on any atom is 0.225 e. The number of hydrogen-bond acceptors (Lipinski definition) is 4. The van der Waals surface area contributed by atoms with Crippen LogP contribution in [0.25, 0.3) is 11.4 Å². The molecule has 7 heteroatoms. The predicted octanol–water partition coefficient (Wildman–Crippen LogP) is 1.44. The minimum atomic E-state index is -0.113. The molecule has 1 N–H and O–H groups in total. The fourth-order valence-electron chi connectivity index (χ4n) is 1.52. The fourth-order valence-corrected chi connectivity index (χ4v) is 1.69. The van der Waals surface area contributed by atoms with E-state index >= 15 is 0 Å². The van der Waals surface area contributed by atoms with Crippen LogP contribution in [0.3, 0.4) is 0 Å². The number of alkyl halides is 1. The van der Waals surface area contributed by atoms with E-state index in [1.807, 2.05) is 18.2 Å². The van der Waals surface area contributed by atoms with Crippen LogP contribution < -0.4 is 5.32 Å². The quantitative estimate of drug-likeness (QED) is 0.849. The van der Waals surface area contributed by atoms with E-state index in [4.69, 9.17) is 11.6 Å². The number of benzene rings is 1. The molecule has 2 rings (SSSR count). The van der Waals surface area contributed by atoms with Crippen LogP contribution in [0, 0.1) is 0 Å². The zero-order valence-corrected chi connectivity index (χ0v) is 10.6. The summed E-state index contributed by atoms with van der Waals surface area (Å²) in [6.07, 6.45) is 0.289. The first kappa shape index (κ1) is 12.5. The third-order valence-electron chi connectivity index (χ3n) is 2.35. The van der Waals surface area contributed by atoms with Crippen molar-refractivity contribution in [3.05, 3.63) is 24.3 Å². The highest BCUT2D eigenvalue weighted by atomic mass is 35.5. The van der Waals surface area contributed by atoms with Gasteiger partial charge in [0, 0.05) is 30.6 Å². The number of nitrogens with one attached hydrogen (secondary N) is 1. The van der Waals surface area contributed by atoms with Crippen LogP contribution in [0.15, 0.2) is 24.3 Å². The van der Waals surface area contributed by atoms with E-state index in [9.17, 15) is 4.79 Å². The number of anilines is 1. The predicted molar refractivity (Wildman–Crippen MR) is 68.2 cm³/mol. The van der Waals surface area contributed by atoms with Gasteiger partial charge in [-0.1, -0.05) is 12.1 Å². The molecule has 0 saturated heterocycles. The normalized spacial score (nSPS) is 10.3. The first-order valence-electron chi connectivity index (χ1n) is 5.39. The molecule has 1 heterocycles. The number of aryl methyl sites for hydroxylation is 1. The number of amides is 1. The van der Waals surface area contributed by atoms with Crippen molar-refractivity contribution in [2.45, 2.75) is 6.42 Å². The van der Waals surface area contributed by atoms with E-state index in [2.05, 4.69) is 20.8 Å². The fraction of sp³-hybridized carbons (Fsp3) is 0.273. The molecular weight excluding hydrogens is 254 g/mol. The minimum absolute atomic E-state index is 0.113. The van der Waals surface area contributed by atoms with Gasteiger partial charge >= 0.3 is 0 Å². The summed E-state index contributed by atoms with van der Waals surface area (Å²) in [4.78, 5) is 11.4. The average molecular weight is 266 g/mol. The van der Waals surface area contributed by atoms with Crippen molar-refractivity contribution in [2.24, 2.45) is 7.05 Å². The lowest BCUT2D eigenvalue weighted by molar-refractivity contribution is -0.115. The molecule has 0 fully saturated rings. The largest absolute Gasteiger partial charge is 0.326 e. The van der Waals surface area contributed by atoms with Gasteiger partial charge in [-0.3, -0.25) is 4.79 Å². The molecule has 1 aromatic heterocycles. The monoisotopic (exact) mass is 265 g/mol. The van der Waals surface area contributed by atoms with Gasteiger partial charge in [0.05, 0.1) is 0 Å². The van der Waals surface area contributed by atoms with Crippen molar-refractivity contribution in [3.8, 4) is 11.4 Å². The topological polar surface area (TPSA) is 72.7 Å². The number of rotatable bonds is 4. The zero-order chi connectivity index (χ0) is 13.0. The summed E-state index contributed by atoms with van der Waals surface area (Å²) in [5, 5.41) is 14.0. The Balaban J connectivity index is 2.20. The van der Waals surface area contributed by atoms with Crippen molar-refractivity contribution in [1.29, 1.82) is 0 Å². The Morgan fingerprint density at radius 2 is 2.33 bits per heavy atom. The third kappa shape index (κ3) is 2.84. The lowest BCUT2D eigenvalue weighted by atomic mass is 10.2. The molecular formula is C11H12ClN5O. The molecule has 94 valence electrons. The Morgan fingerprint density at radius 1 is 1.50 bits per heavy atom. The molecule has 0 aliphatic rings. The van der Waals surface area contributed by atoms with Gasteiger partial charge in [-0.15, -0.1) is 16.7 Å². The number of hydrogen-bond donors (Lipinski definition) is 1. The molecule has 0 bridgehead atoms. The molecule has 1 amide bonds. The molecule has 18 heavy (non-hydrogen) atoms. The van der Waals surface area contributed by atoms with E-state index in [0.717, 1.165) is 5.56 Å². The van der Waals surface area contributed by atoms with Crippen molar-refractivity contribution < 1.29 is 4.79 Å². The molecule has 6 nitrogen and oxygen atoms in total. The van der Waals surface area contributed by atoms with Crippen LogP contribution in [0.5, 0.6) is 0 Å². The number of nitrogens with zero attached hydrogens (tertiary/aromatic N) is 4. The van der Waals surface area contributed by atoms with Crippen LogP contribution in [0.2, 0.25) is 0 Å². The van der Waals surface area contributed by atoms with E-state index in [1.54, 1.807) is 17.8 Å². The summed E-state index contributed by atoms with van der Waals surface area (Å²) in [5.74, 6) is 0.834. The number of carbonyl (C=O) groups is 1. The summed E-state index contributed by atoms with van der Waals surface area (Å²) in [6, 6.07) is 7.33. The van der Waals surface area contributed by atoms with Gasteiger partial charge < -0.3 is 5.32 Å². The van der Waals surface area contributed by atoms with E-state index < -0.39 is 0 Å². The van der Waals surface area contributed by atoms with Gasteiger partial charge in [-0.25, -0.2) is 4.68 Å². The van der Waals surface area contributed by atoms with Gasteiger partial charge in [-0.2, -0.15) is 0 Å². The van der Waals surface area contributed by atoms with Crippen LogP contribution in [-0.4, -0.2) is 32.0 Å². The molecule has 2 aromatic rings. The highest BCUT2D eigenvalue weighted by Crippen LogP contribution is 2.19. The van der Waals surface area contributed by atoms with Gasteiger partial charge in [0.2, 0.25) is 5.91 Å². The van der Waals surface area contributed by atoms with Gasteiger partial charge in [0.25, 0.3) is 0 Å². The summed E-state index contributed by atoms with van der Waals surface area (Å²) in [5.41, 5.74) is 1.54. The molecule has 1 aromatic carbocycles. The summed E-state index contributed by atoms with van der Waals surface area (Å²) >= 11 is 5.51. The summed E-state index contributed by atoms with van der Waals surface area (Å²) < 4.78 is 1.57. The van der Waals surface area contributed by atoms with Crippen LogP contribution in [0.4, 0.5) is 5.69 Å². The maximum absolute atomic E-state index is 11.4. The Hall–Kier alpha value is -1.95. The number of carbonyl (C=O) groups excluding carboxylic acids is 1. The summed E-state index contributed by atoms with van der Waals surface area (Å²) in [7, 11) is 1.76. The minimum Gasteiger partial charge on any atom is -0.326 e. The van der Waals surface area contributed by atoms with Crippen LogP contribution in [-0.2, 0) is 11.8 Å². The molecule has 0 atom stereocenters. The SMILES string of the molecule is Cn1nnnc1-c1cccc(NC(=O)CCCl)c1. The second-order valence-corrected chi connectivity index (χ2v) is 4.07. The molecule has 0 aliphatic carbocycles. The Kier molecular flexibility index (Phi) is 3.88. The molecule has 0 aliphatic heterocycles. The average Bonchev–Trinajstić information content (AvgIpc) is 2.76. The van der Waals surface area contributed by atoms with Crippen molar-refractivity contribution in [2.75, 3.05) is 11.2 Å². The van der Waals surface area contributed by atoms with Crippen molar-refractivity contribution in [1.82, 2.24) is 20.2 Å². The molecule has 0 spiro atoms. The third-order valence-corrected chi connectivity index (χ3v) is 2.54. The van der Waals surface area contributed by atoms with Gasteiger partial charge in [0.15, 0.2) is 5.82 Å².